The normalized spacial score (nSPS) is 11.7. The third-order valence-corrected chi connectivity index (χ3v) is 3.71. The first-order valence-electron chi connectivity index (χ1n) is 5.82. The van der Waals surface area contributed by atoms with E-state index >= 15 is 0 Å². The van der Waals surface area contributed by atoms with Gasteiger partial charge in [-0.25, -0.2) is 0 Å². The first-order valence-corrected chi connectivity index (χ1v) is 6.99. The van der Waals surface area contributed by atoms with E-state index in [0.29, 0.717) is 5.56 Å². The summed E-state index contributed by atoms with van der Waals surface area (Å²) >= 11 is 9.37. The van der Waals surface area contributed by atoms with Gasteiger partial charge in [-0.15, -0.1) is 0 Å². The molecule has 2 aromatic carbocycles. The molecule has 0 aliphatic heterocycles. The van der Waals surface area contributed by atoms with Gasteiger partial charge in [-0.05, 0) is 58.7 Å². The smallest absolute Gasteiger partial charge is 0.100 e. The second kappa shape index (κ2) is 6.10. The molecule has 1 N–H and O–H groups in total. The topological polar surface area (TPSA) is 35.8 Å². The van der Waals surface area contributed by atoms with Gasteiger partial charge in [0.1, 0.15) is 6.07 Å². The highest BCUT2D eigenvalue weighted by molar-refractivity contribution is 9.10. The van der Waals surface area contributed by atoms with E-state index in [1.54, 1.807) is 6.07 Å². The van der Waals surface area contributed by atoms with E-state index in [2.05, 4.69) is 34.2 Å². The summed E-state index contributed by atoms with van der Waals surface area (Å²) in [7, 11) is 0. The Kier molecular flexibility index (Phi) is 4.47. The molecule has 2 nitrogen and oxygen atoms in total. The van der Waals surface area contributed by atoms with E-state index < -0.39 is 0 Å². The molecule has 0 radical (unpaired) electrons. The summed E-state index contributed by atoms with van der Waals surface area (Å²) in [6.45, 7) is 2.07. The molecule has 4 heteroatoms. The lowest BCUT2D eigenvalue weighted by molar-refractivity contribution is 0.884. The maximum absolute atomic E-state index is 8.88. The van der Waals surface area contributed by atoms with E-state index in [4.69, 9.17) is 16.9 Å². The largest absolute Gasteiger partial charge is 0.378 e. The Hall–Kier alpha value is -1.50. The average molecular weight is 336 g/mol. The van der Waals surface area contributed by atoms with Crippen LogP contribution in [0.15, 0.2) is 46.9 Å². The Bertz CT molecular complexity index is 634. The number of anilines is 1. The third-order valence-electron chi connectivity index (χ3n) is 2.82. The molecule has 0 heterocycles. The van der Waals surface area contributed by atoms with E-state index in [1.807, 2.05) is 36.4 Å². The molecule has 0 aliphatic carbocycles. The van der Waals surface area contributed by atoms with E-state index in [9.17, 15) is 0 Å². The summed E-state index contributed by atoms with van der Waals surface area (Å²) < 4.78 is 0.790. The van der Waals surface area contributed by atoms with Crippen molar-refractivity contribution >= 4 is 33.2 Å². The van der Waals surface area contributed by atoms with Crippen LogP contribution in [0.5, 0.6) is 0 Å². The third kappa shape index (κ3) is 3.50. The van der Waals surface area contributed by atoms with Crippen LogP contribution >= 0.6 is 27.5 Å². The molecule has 0 fully saturated rings. The maximum atomic E-state index is 8.88. The van der Waals surface area contributed by atoms with E-state index in [1.165, 1.54) is 0 Å². The molecule has 0 spiro atoms. The highest BCUT2D eigenvalue weighted by Crippen LogP contribution is 2.25. The molecule has 2 aromatic rings. The van der Waals surface area contributed by atoms with Crippen LogP contribution in [0.1, 0.15) is 24.1 Å². The van der Waals surface area contributed by atoms with Crippen LogP contribution < -0.4 is 5.32 Å². The molecule has 19 heavy (non-hydrogen) atoms. The van der Waals surface area contributed by atoms with Crippen molar-refractivity contribution in [3.8, 4) is 6.07 Å². The van der Waals surface area contributed by atoms with Gasteiger partial charge in [0.05, 0.1) is 5.56 Å². The van der Waals surface area contributed by atoms with Crippen molar-refractivity contribution in [3.63, 3.8) is 0 Å². The zero-order valence-electron chi connectivity index (χ0n) is 10.3. The van der Waals surface area contributed by atoms with Crippen LogP contribution in [0.4, 0.5) is 5.69 Å². The molecule has 0 amide bonds. The van der Waals surface area contributed by atoms with Crippen LogP contribution in [0.2, 0.25) is 5.02 Å². The maximum Gasteiger partial charge on any atom is 0.100 e. The summed E-state index contributed by atoms with van der Waals surface area (Å²) in [6, 6.07) is 15.6. The van der Waals surface area contributed by atoms with Gasteiger partial charge in [-0.3, -0.25) is 0 Å². The number of nitrogens with one attached hydrogen (secondary N) is 1. The zero-order valence-corrected chi connectivity index (χ0v) is 12.7. The lowest BCUT2D eigenvalue weighted by atomic mass is 10.1. The standard InChI is InChI=1S/C15H12BrClN2/c1-10(11-3-2-4-13(17)7-11)19-14-6-5-12(9-18)15(16)8-14/h2-8,10,19H,1H3. The molecule has 0 aromatic heterocycles. The quantitative estimate of drug-likeness (QED) is 0.842. The van der Waals surface area contributed by atoms with Crippen molar-refractivity contribution < 1.29 is 0 Å². The minimum Gasteiger partial charge on any atom is -0.378 e. The van der Waals surface area contributed by atoms with E-state index in [0.717, 1.165) is 20.7 Å². The first kappa shape index (κ1) is 13.9. The van der Waals surface area contributed by atoms with Gasteiger partial charge < -0.3 is 5.32 Å². The lowest BCUT2D eigenvalue weighted by Crippen LogP contribution is -2.06. The molecule has 2 rings (SSSR count). The number of hydrogen-bond acceptors (Lipinski definition) is 2. The monoisotopic (exact) mass is 334 g/mol. The average Bonchev–Trinajstić information content (AvgIpc) is 2.39. The first-order chi connectivity index (χ1) is 9.10. The van der Waals surface area contributed by atoms with Gasteiger partial charge in [0, 0.05) is 21.2 Å². The molecule has 1 atom stereocenters. The second-order valence-electron chi connectivity index (χ2n) is 4.23. The lowest BCUT2D eigenvalue weighted by Gasteiger charge is -2.16. The van der Waals surface area contributed by atoms with Crippen molar-refractivity contribution in [1.82, 2.24) is 0 Å². The van der Waals surface area contributed by atoms with Crippen molar-refractivity contribution in [3.05, 3.63) is 63.1 Å². The highest BCUT2D eigenvalue weighted by Gasteiger charge is 2.07. The van der Waals surface area contributed by atoms with Crippen LogP contribution in [0, 0.1) is 11.3 Å². The predicted molar refractivity (Wildman–Crippen MR) is 82.3 cm³/mol. The van der Waals surface area contributed by atoms with Crippen molar-refractivity contribution in [2.75, 3.05) is 5.32 Å². The molecular weight excluding hydrogens is 324 g/mol. The number of rotatable bonds is 3. The Morgan fingerprint density at radius 2 is 2.05 bits per heavy atom. The van der Waals surface area contributed by atoms with Gasteiger partial charge in [0.2, 0.25) is 0 Å². The fourth-order valence-electron chi connectivity index (χ4n) is 1.80. The Morgan fingerprint density at radius 3 is 2.68 bits per heavy atom. The number of benzene rings is 2. The molecule has 0 saturated carbocycles. The molecule has 96 valence electrons. The molecule has 0 aliphatic rings. The van der Waals surface area contributed by atoms with Crippen molar-refractivity contribution in [2.24, 2.45) is 0 Å². The van der Waals surface area contributed by atoms with Crippen LogP contribution in [-0.2, 0) is 0 Å². The van der Waals surface area contributed by atoms with Crippen molar-refractivity contribution in [1.29, 1.82) is 5.26 Å². The number of halogens is 2. The Morgan fingerprint density at radius 1 is 1.26 bits per heavy atom. The fourth-order valence-corrected chi connectivity index (χ4v) is 2.47. The second-order valence-corrected chi connectivity index (χ2v) is 5.52. The summed E-state index contributed by atoms with van der Waals surface area (Å²) in [4.78, 5) is 0. The summed E-state index contributed by atoms with van der Waals surface area (Å²) in [5.74, 6) is 0. The molecule has 1 unspecified atom stereocenters. The molecule has 0 bridgehead atoms. The highest BCUT2D eigenvalue weighted by atomic mass is 79.9. The van der Waals surface area contributed by atoms with Gasteiger partial charge in [0.25, 0.3) is 0 Å². The SMILES string of the molecule is CC(Nc1ccc(C#N)c(Br)c1)c1cccc(Cl)c1. The van der Waals surface area contributed by atoms with Gasteiger partial charge in [-0.1, -0.05) is 23.7 Å². The Balaban J connectivity index is 2.17. The minimum atomic E-state index is 0.138. The van der Waals surface area contributed by atoms with Crippen LogP contribution in [0.25, 0.3) is 0 Å². The zero-order chi connectivity index (χ0) is 13.8. The van der Waals surface area contributed by atoms with Gasteiger partial charge in [-0.2, -0.15) is 5.26 Å². The van der Waals surface area contributed by atoms with Crippen LogP contribution in [-0.4, -0.2) is 0 Å². The predicted octanol–water partition coefficient (Wildman–Crippen LogP) is 5.15. The number of nitrogens with zero attached hydrogens (tertiary/aromatic N) is 1. The van der Waals surface area contributed by atoms with E-state index in [-0.39, 0.29) is 6.04 Å². The van der Waals surface area contributed by atoms with Crippen molar-refractivity contribution in [2.45, 2.75) is 13.0 Å². The van der Waals surface area contributed by atoms with Gasteiger partial charge in [0.15, 0.2) is 0 Å². The fraction of sp³-hybridized carbons (Fsp3) is 0.133. The number of hydrogen-bond donors (Lipinski definition) is 1. The number of nitriles is 1. The molecular formula is C15H12BrClN2. The van der Waals surface area contributed by atoms with Gasteiger partial charge >= 0.3 is 0 Å². The Labute approximate surface area is 126 Å². The molecule has 0 saturated heterocycles. The van der Waals surface area contributed by atoms with Crippen LogP contribution in [0.3, 0.4) is 0 Å². The summed E-state index contributed by atoms with van der Waals surface area (Å²) in [6.07, 6.45) is 0. The summed E-state index contributed by atoms with van der Waals surface area (Å²) in [5, 5.41) is 13.0. The summed E-state index contributed by atoms with van der Waals surface area (Å²) in [5.41, 5.74) is 2.70. The minimum absolute atomic E-state index is 0.138.